The number of hydrogen-bond acceptors (Lipinski definition) is 3. The molecule has 1 aliphatic heterocycles. The fourth-order valence-electron chi connectivity index (χ4n) is 3.24. The van der Waals surface area contributed by atoms with Crippen molar-refractivity contribution in [3.8, 4) is 0 Å². The average Bonchev–Trinajstić information content (AvgIpc) is 3.46. The summed E-state index contributed by atoms with van der Waals surface area (Å²) >= 11 is 0. The topological polar surface area (TPSA) is 68.8 Å². The minimum atomic E-state index is 0. The van der Waals surface area contributed by atoms with Gasteiger partial charge in [-0.05, 0) is 38.2 Å². The number of carbonyl (C=O) groups is 1. The van der Waals surface area contributed by atoms with Gasteiger partial charge in [-0.3, -0.25) is 9.69 Å². The number of rotatable bonds is 7. The first-order chi connectivity index (χ1) is 12.7. The number of guanidine groups is 1. The van der Waals surface area contributed by atoms with E-state index >= 15 is 0 Å². The average molecular weight is 485 g/mol. The predicted molar refractivity (Wildman–Crippen MR) is 120 cm³/mol. The van der Waals surface area contributed by atoms with E-state index in [1.54, 1.807) is 0 Å². The zero-order valence-electron chi connectivity index (χ0n) is 16.1. The summed E-state index contributed by atoms with van der Waals surface area (Å²) in [6, 6.07) is 11.4. The Morgan fingerprint density at radius 1 is 1.07 bits per heavy atom. The van der Waals surface area contributed by atoms with Crippen LogP contribution in [0, 0.1) is 0 Å². The van der Waals surface area contributed by atoms with Gasteiger partial charge in [-0.1, -0.05) is 30.3 Å². The third-order valence-electron chi connectivity index (χ3n) is 4.84. The van der Waals surface area contributed by atoms with Crippen LogP contribution in [0.15, 0.2) is 35.3 Å². The first-order valence-corrected chi connectivity index (χ1v) is 9.83. The Morgan fingerprint density at radius 3 is 2.37 bits per heavy atom. The monoisotopic (exact) mass is 485 g/mol. The maximum atomic E-state index is 11.8. The molecule has 7 heteroatoms. The van der Waals surface area contributed by atoms with E-state index in [1.165, 1.54) is 5.56 Å². The summed E-state index contributed by atoms with van der Waals surface area (Å²) in [5.74, 6) is 0.766. The molecule has 1 aromatic carbocycles. The molecule has 150 valence electrons. The van der Waals surface area contributed by atoms with Gasteiger partial charge in [-0.25, -0.2) is 4.99 Å². The number of piperidine rings is 1. The van der Waals surface area contributed by atoms with Gasteiger partial charge >= 0.3 is 0 Å². The van der Waals surface area contributed by atoms with Gasteiger partial charge in [-0.15, -0.1) is 24.0 Å². The van der Waals surface area contributed by atoms with Gasteiger partial charge in [0, 0.05) is 38.3 Å². The van der Waals surface area contributed by atoms with E-state index < -0.39 is 0 Å². The molecular weight excluding hydrogens is 453 g/mol. The van der Waals surface area contributed by atoms with Crippen molar-refractivity contribution in [1.29, 1.82) is 0 Å². The Kier molecular flexibility index (Phi) is 9.33. The number of hydrogen-bond donors (Lipinski definition) is 3. The fourth-order valence-corrected chi connectivity index (χ4v) is 3.24. The molecule has 3 N–H and O–H groups in total. The van der Waals surface area contributed by atoms with E-state index in [-0.39, 0.29) is 36.4 Å². The SMILES string of the molecule is CCNC(=NCC(=O)NC1CC1)NC1CCN(Cc2ccccc2)CC1.I. The molecule has 1 saturated heterocycles. The summed E-state index contributed by atoms with van der Waals surface area (Å²) in [7, 11) is 0. The zero-order chi connectivity index (χ0) is 18.2. The number of benzene rings is 1. The molecule has 0 bridgehead atoms. The highest BCUT2D eigenvalue weighted by atomic mass is 127. The molecule has 2 fully saturated rings. The van der Waals surface area contributed by atoms with Crippen molar-refractivity contribution in [3.63, 3.8) is 0 Å². The second-order valence-corrected chi connectivity index (χ2v) is 7.22. The Hall–Kier alpha value is -1.35. The van der Waals surface area contributed by atoms with E-state index in [9.17, 15) is 4.79 Å². The molecule has 1 aliphatic carbocycles. The fraction of sp³-hybridized carbons (Fsp3) is 0.600. The van der Waals surface area contributed by atoms with E-state index in [0.29, 0.717) is 12.1 Å². The summed E-state index contributed by atoms with van der Waals surface area (Å²) in [4.78, 5) is 18.8. The lowest BCUT2D eigenvalue weighted by atomic mass is 10.0. The van der Waals surface area contributed by atoms with E-state index in [0.717, 1.165) is 57.8 Å². The van der Waals surface area contributed by atoms with Crippen molar-refractivity contribution in [2.24, 2.45) is 4.99 Å². The highest BCUT2D eigenvalue weighted by Crippen LogP contribution is 2.18. The van der Waals surface area contributed by atoms with Crippen LogP contribution in [-0.2, 0) is 11.3 Å². The van der Waals surface area contributed by atoms with Gasteiger partial charge in [0.1, 0.15) is 6.54 Å². The first-order valence-electron chi connectivity index (χ1n) is 9.83. The zero-order valence-corrected chi connectivity index (χ0v) is 18.4. The highest BCUT2D eigenvalue weighted by Gasteiger charge is 2.23. The largest absolute Gasteiger partial charge is 0.357 e. The van der Waals surface area contributed by atoms with Crippen LogP contribution < -0.4 is 16.0 Å². The minimum Gasteiger partial charge on any atom is -0.357 e. The summed E-state index contributed by atoms with van der Waals surface area (Å²) in [5, 5.41) is 9.72. The van der Waals surface area contributed by atoms with Gasteiger partial charge in [0.15, 0.2) is 5.96 Å². The van der Waals surface area contributed by atoms with Crippen molar-refractivity contribution >= 4 is 35.8 Å². The van der Waals surface area contributed by atoms with Crippen molar-refractivity contribution < 1.29 is 4.79 Å². The van der Waals surface area contributed by atoms with Gasteiger partial charge in [0.25, 0.3) is 0 Å². The molecule has 0 radical (unpaired) electrons. The van der Waals surface area contributed by atoms with Crippen LogP contribution in [0.4, 0.5) is 0 Å². The smallest absolute Gasteiger partial charge is 0.242 e. The number of amides is 1. The number of likely N-dealkylation sites (tertiary alicyclic amines) is 1. The van der Waals surface area contributed by atoms with Crippen LogP contribution in [0.25, 0.3) is 0 Å². The van der Waals surface area contributed by atoms with Crippen molar-refractivity contribution in [3.05, 3.63) is 35.9 Å². The molecule has 0 atom stereocenters. The molecule has 0 aromatic heterocycles. The van der Waals surface area contributed by atoms with E-state index in [2.05, 4.69) is 56.2 Å². The lowest BCUT2D eigenvalue weighted by molar-refractivity contribution is -0.119. The number of halogens is 1. The summed E-state index contributed by atoms with van der Waals surface area (Å²) in [5.41, 5.74) is 1.37. The molecule has 1 aromatic rings. The summed E-state index contributed by atoms with van der Waals surface area (Å²) in [6.07, 6.45) is 4.39. The van der Waals surface area contributed by atoms with Crippen LogP contribution in [-0.4, -0.2) is 55.0 Å². The van der Waals surface area contributed by atoms with Crippen LogP contribution in [0.3, 0.4) is 0 Å². The molecule has 0 spiro atoms. The molecule has 6 nitrogen and oxygen atoms in total. The first kappa shape index (κ1) is 21.9. The molecule has 3 rings (SSSR count). The van der Waals surface area contributed by atoms with E-state index in [1.807, 2.05) is 6.92 Å². The number of nitrogens with zero attached hydrogens (tertiary/aromatic N) is 2. The third-order valence-corrected chi connectivity index (χ3v) is 4.84. The molecule has 2 aliphatic rings. The number of nitrogens with one attached hydrogen (secondary N) is 3. The number of aliphatic imine (C=N–C) groups is 1. The minimum absolute atomic E-state index is 0. The maximum Gasteiger partial charge on any atom is 0.242 e. The number of carbonyl (C=O) groups excluding carboxylic acids is 1. The third kappa shape index (κ3) is 8.04. The van der Waals surface area contributed by atoms with Gasteiger partial charge in [-0.2, -0.15) is 0 Å². The van der Waals surface area contributed by atoms with Gasteiger partial charge in [0.2, 0.25) is 5.91 Å². The van der Waals surface area contributed by atoms with Crippen LogP contribution in [0.2, 0.25) is 0 Å². The quantitative estimate of drug-likeness (QED) is 0.315. The van der Waals surface area contributed by atoms with Crippen LogP contribution >= 0.6 is 24.0 Å². The maximum absolute atomic E-state index is 11.8. The van der Waals surface area contributed by atoms with Crippen LogP contribution in [0.5, 0.6) is 0 Å². The molecular formula is C20H32IN5O. The normalized spacial score (nSPS) is 18.5. The Morgan fingerprint density at radius 2 is 1.74 bits per heavy atom. The molecule has 27 heavy (non-hydrogen) atoms. The Labute approximate surface area is 179 Å². The predicted octanol–water partition coefficient (Wildman–Crippen LogP) is 2.10. The Balaban J connectivity index is 0.00000261. The van der Waals surface area contributed by atoms with Gasteiger partial charge in [0.05, 0.1) is 0 Å². The highest BCUT2D eigenvalue weighted by molar-refractivity contribution is 14.0. The second kappa shape index (κ2) is 11.5. The van der Waals surface area contributed by atoms with Crippen molar-refractivity contribution in [2.75, 3.05) is 26.2 Å². The summed E-state index contributed by atoms with van der Waals surface area (Å²) < 4.78 is 0. The van der Waals surface area contributed by atoms with Crippen molar-refractivity contribution in [1.82, 2.24) is 20.9 Å². The molecule has 1 heterocycles. The Bertz CT molecular complexity index is 598. The molecule has 0 unspecified atom stereocenters. The standard InChI is InChI=1S/C20H31N5O.HI/c1-2-21-20(22-14-19(26)23-17-8-9-17)24-18-10-12-25(13-11-18)15-16-6-4-3-5-7-16;/h3-7,17-18H,2,8-15H2,1H3,(H,23,26)(H2,21,22,24);1H. The summed E-state index contributed by atoms with van der Waals surface area (Å²) in [6.45, 7) is 6.21. The van der Waals surface area contributed by atoms with E-state index in [4.69, 9.17) is 0 Å². The van der Waals surface area contributed by atoms with Crippen LogP contribution in [0.1, 0.15) is 38.2 Å². The van der Waals surface area contributed by atoms with Gasteiger partial charge < -0.3 is 16.0 Å². The second-order valence-electron chi connectivity index (χ2n) is 7.22. The van der Waals surface area contributed by atoms with Crippen molar-refractivity contribution in [2.45, 2.75) is 51.2 Å². The molecule has 1 saturated carbocycles. The lowest BCUT2D eigenvalue weighted by Gasteiger charge is -2.33. The lowest BCUT2D eigenvalue weighted by Crippen LogP contribution is -2.48. The molecule has 1 amide bonds.